The van der Waals surface area contributed by atoms with E-state index in [-0.39, 0.29) is 11.8 Å². The maximum Gasteiger partial charge on any atom is 0.327 e. The van der Waals surface area contributed by atoms with Gasteiger partial charge in [-0.3, -0.25) is 4.90 Å². The van der Waals surface area contributed by atoms with Gasteiger partial charge in [-0.05, 0) is 50.0 Å². The summed E-state index contributed by atoms with van der Waals surface area (Å²) in [5, 5.41) is 0. The summed E-state index contributed by atoms with van der Waals surface area (Å²) < 4.78 is 18.2. The standard InChI is InChI=1S/C14H18FNO2/c1-10-9-11(5-6-12(10)15)13(14(17)18-2)16-7-3-4-8-16/h5-6,9,13H,3-4,7-8H2,1-2H3. The first-order valence-electron chi connectivity index (χ1n) is 6.21. The summed E-state index contributed by atoms with van der Waals surface area (Å²) in [6.45, 7) is 3.48. The Bertz CT molecular complexity index is 441. The van der Waals surface area contributed by atoms with Crippen molar-refractivity contribution in [2.24, 2.45) is 0 Å². The Hall–Kier alpha value is -1.42. The highest BCUT2D eigenvalue weighted by Gasteiger charge is 2.30. The zero-order chi connectivity index (χ0) is 13.1. The van der Waals surface area contributed by atoms with Gasteiger partial charge in [0, 0.05) is 0 Å². The molecule has 2 rings (SSSR count). The summed E-state index contributed by atoms with van der Waals surface area (Å²) >= 11 is 0. The van der Waals surface area contributed by atoms with Crippen molar-refractivity contribution in [2.75, 3.05) is 20.2 Å². The molecule has 0 aromatic heterocycles. The smallest absolute Gasteiger partial charge is 0.327 e. The summed E-state index contributed by atoms with van der Waals surface area (Å²) in [6, 6.07) is 4.41. The highest BCUT2D eigenvalue weighted by Crippen LogP contribution is 2.27. The van der Waals surface area contributed by atoms with Crippen LogP contribution in [0.3, 0.4) is 0 Å². The van der Waals surface area contributed by atoms with Gasteiger partial charge in [-0.15, -0.1) is 0 Å². The van der Waals surface area contributed by atoms with Crippen LogP contribution in [0.4, 0.5) is 4.39 Å². The fourth-order valence-electron chi connectivity index (χ4n) is 2.45. The van der Waals surface area contributed by atoms with Crippen molar-refractivity contribution in [3.63, 3.8) is 0 Å². The second kappa shape index (κ2) is 5.48. The Morgan fingerprint density at radius 3 is 2.61 bits per heavy atom. The largest absolute Gasteiger partial charge is 0.468 e. The number of carbonyl (C=O) groups excluding carboxylic acids is 1. The number of benzene rings is 1. The highest BCUT2D eigenvalue weighted by atomic mass is 19.1. The first-order valence-corrected chi connectivity index (χ1v) is 6.21. The highest BCUT2D eigenvalue weighted by molar-refractivity contribution is 5.77. The lowest BCUT2D eigenvalue weighted by atomic mass is 10.0. The zero-order valence-corrected chi connectivity index (χ0v) is 10.8. The molecule has 0 bridgehead atoms. The van der Waals surface area contributed by atoms with E-state index in [1.165, 1.54) is 13.2 Å². The van der Waals surface area contributed by atoms with Gasteiger partial charge >= 0.3 is 5.97 Å². The first kappa shape index (κ1) is 13.0. The molecule has 3 nitrogen and oxygen atoms in total. The van der Waals surface area contributed by atoms with E-state index >= 15 is 0 Å². The van der Waals surface area contributed by atoms with Gasteiger partial charge in [-0.25, -0.2) is 9.18 Å². The molecule has 1 aromatic carbocycles. The van der Waals surface area contributed by atoms with Crippen LogP contribution in [0.1, 0.15) is 30.0 Å². The predicted octanol–water partition coefficient (Wildman–Crippen LogP) is 2.44. The zero-order valence-electron chi connectivity index (χ0n) is 10.8. The van der Waals surface area contributed by atoms with E-state index in [0.717, 1.165) is 31.5 Å². The summed E-state index contributed by atoms with van der Waals surface area (Å²) in [5.41, 5.74) is 1.36. The number of methoxy groups -OCH3 is 1. The molecule has 98 valence electrons. The number of hydrogen-bond acceptors (Lipinski definition) is 3. The minimum atomic E-state index is -0.406. The van der Waals surface area contributed by atoms with Gasteiger partial charge < -0.3 is 4.74 Å². The second-order valence-corrected chi connectivity index (χ2v) is 4.68. The van der Waals surface area contributed by atoms with Crippen molar-refractivity contribution in [1.29, 1.82) is 0 Å². The Kier molecular flexibility index (Phi) is 3.97. The van der Waals surface area contributed by atoms with Gasteiger partial charge in [0.15, 0.2) is 0 Å². The van der Waals surface area contributed by atoms with Crippen LogP contribution in [-0.2, 0) is 9.53 Å². The number of carbonyl (C=O) groups is 1. The molecule has 0 amide bonds. The molecule has 4 heteroatoms. The predicted molar refractivity (Wildman–Crippen MR) is 66.7 cm³/mol. The van der Waals surface area contributed by atoms with Crippen LogP contribution in [0, 0.1) is 12.7 Å². The molecule has 1 fully saturated rings. The Balaban J connectivity index is 2.32. The molecule has 1 aliphatic heterocycles. The topological polar surface area (TPSA) is 29.5 Å². The number of ether oxygens (including phenoxy) is 1. The van der Waals surface area contributed by atoms with E-state index in [2.05, 4.69) is 4.90 Å². The number of likely N-dealkylation sites (tertiary alicyclic amines) is 1. The maximum atomic E-state index is 13.3. The molecule has 0 saturated carbocycles. The van der Waals surface area contributed by atoms with Crippen LogP contribution in [0.25, 0.3) is 0 Å². The molecular formula is C14H18FNO2. The minimum Gasteiger partial charge on any atom is -0.468 e. The van der Waals surface area contributed by atoms with Crippen molar-refractivity contribution < 1.29 is 13.9 Å². The van der Waals surface area contributed by atoms with Crippen LogP contribution >= 0.6 is 0 Å². The Labute approximate surface area is 107 Å². The molecule has 0 spiro atoms. The van der Waals surface area contributed by atoms with Crippen LogP contribution in [0.2, 0.25) is 0 Å². The Morgan fingerprint density at radius 2 is 2.06 bits per heavy atom. The summed E-state index contributed by atoms with van der Waals surface area (Å²) in [7, 11) is 1.39. The van der Waals surface area contributed by atoms with Crippen LogP contribution in [0.15, 0.2) is 18.2 Å². The van der Waals surface area contributed by atoms with Gasteiger partial charge in [0.05, 0.1) is 7.11 Å². The summed E-state index contributed by atoms with van der Waals surface area (Å²) in [5.74, 6) is -0.522. The van der Waals surface area contributed by atoms with E-state index in [1.54, 1.807) is 19.1 Å². The number of aryl methyl sites for hydroxylation is 1. The van der Waals surface area contributed by atoms with Crippen LogP contribution in [-0.4, -0.2) is 31.1 Å². The Morgan fingerprint density at radius 1 is 1.39 bits per heavy atom. The number of nitrogens with zero attached hydrogens (tertiary/aromatic N) is 1. The minimum absolute atomic E-state index is 0.246. The third-order valence-corrected chi connectivity index (χ3v) is 3.43. The monoisotopic (exact) mass is 251 g/mol. The SMILES string of the molecule is COC(=O)C(c1ccc(F)c(C)c1)N1CCCC1. The molecule has 0 radical (unpaired) electrons. The van der Waals surface area contributed by atoms with Crippen molar-refractivity contribution in [1.82, 2.24) is 4.90 Å². The lowest BCUT2D eigenvalue weighted by Crippen LogP contribution is -2.32. The van der Waals surface area contributed by atoms with Gasteiger partial charge in [-0.1, -0.05) is 12.1 Å². The van der Waals surface area contributed by atoms with Crippen molar-refractivity contribution in [3.05, 3.63) is 35.1 Å². The van der Waals surface area contributed by atoms with Gasteiger partial charge in [-0.2, -0.15) is 0 Å². The average Bonchev–Trinajstić information content (AvgIpc) is 2.87. The van der Waals surface area contributed by atoms with Crippen LogP contribution in [0.5, 0.6) is 0 Å². The van der Waals surface area contributed by atoms with Crippen molar-refractivity contribution >= 4 is 5.97 Å². The molecule has 1 saturated heterocycles. The van der Waals surface area contributed by atoms with Gasteiger partial charge in [0.2, 0.25) is 0 Å². The van der Waals surface area contributed by atoms with Crippen molar-refractivity contribution in [2.45, 2.75) is 25.8 Å². The number of esters is 1. The first-order chi connectivity index (χ1) is 8.63. The second-order valence-electron chi connectivity index (χ2n) is 4.68. The fraction of sp³-hybridized carbons (Fsp3) is 0.500. The van der Waals surface area contributed by atoms with Crippen LogP contribution < -0.4 is 0 Å². The van der Waals surface area contributed by atoms with Gasteiger partial charge in [0.1, 0.15) is 11.9 Å². The molecule has 1 aromatic rings. The van der Waals surface area contributed by atoms with E-state index in [4.69, 9.17) is 4.74 Å². The third-order valence-electron chi connectivity index (χ3n) is 3.43. The van der Waals surface area contributed by atoms with E-state index < -0.39 is 6.04 Å². The molecule has 1 heterocycles. The molecule has 1 unspecified atom stereocenters. The van der Waals surface area contributed by atoms with E-state index in [9.17, 15) is 9.18 Å². The number of hydrogen-bond donors (Lipinski definition) is 0. The lowest BCUT2D eigenvalue weighted by Gasteiger charge is -2.25. The van der Waals surface area contributed by atoms with E-state index in [0.29, 0.717) is 5.56 Å². The van der Waals surface area contributed by atoms with E-state index in [1.807, 2.05) is 0 Å². The molecule has 1 aliphatic rings. The van der Waals surface area contributed by atoms with Gasteiger partial charge in [0.25, 0.3) is 0 Å². The molecule has 0 aliphatic carbocycles. The normalized spacial score (nSPS) is 17.7. The fourth-order valence-corrected chi connectivity index (χ4v) is 2.45. The molecule has 18 heavy (non-hydrogen) atoms. The number of halogens is 1. The van der Waals surface area contributed by atoms with Crippen molar-refractivity contribution in [3.8, 4) is 0 Å². The lowest BCUT2D eigenvalue weighted by molar-refractivity contribution is -0.146. The summed E-state index contributed by atoms with van der Waals surface area (Å²) in [6.07, 6.45) is 2.18. The molecule has 0 N–H and O–H groups in total. The average molecular weight is 251 g/mol. The molecule has 1 atom stereocenters. The third kappa shape index (κ3) is 2.53. The summed E-state index contributed by atoms with van der Waals surface area (Å²) in [4.78, 5) is 14.0. The maximum absolute atomic E-state index is 13.3. The number of rotatable bonds is 3. The molecular weight excluding hydrogens is 233 g/mol. The quantitative estimate of drug-likeness (QED) is 0.773.